The van der Waals surface area contributed by atoms with Gasteiger partial charge in [-0.05, 0) is 92.5 Å². The van der Waals surface area contributed by atoms with Gasteiger partial charge in [-0.1, -0.05) is 104 Å². The molecule has 0 N–H and O–H groups in total. The second kappa shape index (κ2) is 15.4. The molecule has 5 aliphatic carbocycles. The molecule has 5 saturated carbocycles. The van der Waals surface area contributed by atoms with Crippen molar-refractivity contribution in [3.63, 3.8) is 0 Å². The van der Waals surface area contributed by atoms with Gasteiger partial charge in [0.2, 0.25) is 0 Å². The summed E-state index contributed by atoms with van der Waals surface area (Å²) < 4.78 is 7.71. The fraction of sp³-hybridized carbons (Fsp3) is 1.00. The van der Waals surface area contributed by atoms with Crippen molar-refractivity contribution in [2.24, 2.45) is 47.3 Å². The fourth-order valence-corrected chi connectivity index (χ4v) is 14.4. The highest BCUT2D eigenvalue weighted by Gasteiger charge is 2.96. The van der Waals surface area contributed by atoms with E-state index in [1.807, 2.05) is 0 Å². The highest BCUT2D eigenvalue weighted by molar-refractivity contribution is 5.43. The molecule has 9 aliphatic rings. The smallest absolute Gasteiger partial charge is 0.0771 e. The molecule has 5 heteroatoms. The van der Waals surface area contributed by atoms with Crippen molar-refractivity contribution in [2.75, 3.05) is 78.5 Å². The van der Waals surface area contributed by atoms with Gasteiger partial charge in [0.05, 0.1) is 11.2 Å². The van der Waals surface area contributed by atoms with Gasteiger partial charge in [-0.15, -0.1) is 0 Å². The summed E-state index contributed by atoms with van der Waals surface area (Å²) in [4.78, 5) is 11.2. The average molecular weight is 665 g/mol. The topological polar surface area (TPSA) is 22.2 Å². The van der Waals surface area contributed by atoms with Crippen LogP contribution >= 0.6 is 0 Å². The number of nitrogens with zero attached hydrogens (tertiary/aromatic N) is 4. The second-order valence-electron chi connectivity index (χ2n) is 18.6. The Balaban J connectivity index is 0.751. The number of unbranched alkanes of at least 4 members (excludes halogenated alkanes) is 14. The van der Waals surface area contributed by atoms with Gasteiger partial charge in [0, 0.05) is 65.4 Å². The van der Waals surface area contributed by atoms with Crippen LogP contribution in [-0.2, 0) is 4.74 Å². The summed E-state index contributed by atoms with van der Waals surface area (Å²) in [5.74, 6) is 8.06. The Morgan fingerprint density at radius 3 is 1.12 bits per heavy atom. The zero-order chi connectivity index (χ0) is 32.6. The number of ether oxygens (including phenoxy) is 1. The molecule has 10 atom stereocenters. The van der Waals surface area contributed by atoms with Gasteiger partial charge in [0.1, 0.15) is 0 Å². The van der Waals surface area contributed by atoms with Gasteiger partial charge in [0.15, 0.2) is 0 Å². The van der Waals surface area contributed by atoms with Crippen LogP contribution in [0.3, 0.4) is 0 Å². The van der Waals surface area contributed by atoms with Crippen LogP contribution in [-0.4, -0.2) is 109 Å². The number of hydrogen-bond donors (Lipinski definition) is 0. The molecule has 0 aromatic heterocycles. The molecule has 4 aliphatic heterocycles. The second-order valence-corrected chi connectivity index (χ2v) is 18.6. The highest BCUT2D eigenvalue weighted by atomic mass is 16.5. The summed E-state index contributed by atoms with van der Waals surface area (Å²) in [6, 6.07) is 0. The Morgan fingerprint density at radius 1 is 0.417 bits per heavy atom. The molecule has 48 heavy (non-hydrogen) atoms. The zero-order valence-corrected chi connectivity index (χ0v) is 31.7. The van der Waals surface area contributed by atoms with Crippen LogP contribution in [0, 0.1) is 47.3 Å². The molecule has 0 radical (unpaired) electrons. The van der Waals surface area contributed by atoms with Crippen molar-refractivity contribution in [1.82, 2.24) is 19.6 Å². The number of rotatable bonds is 24. The normalized spacial score (nSPS) is 41.1. The summed E-state index contributed by atoms with van der Waals surface area (Å²) in [5, 5.41) is 0. The largest absolute Gasteiger partial charge is 0.367 e. The van der Waals surface area contributed by atoms with Gasteiger partial charge >= 0.3 is 0 Å². The molecule has 5 nitrogen and oxygen atoms in total. The standard InChI is InChI=1S/C43H76N4O/c1-3-5-7-9-11-13-15-17-21-44-25-29-46(30-26-44)23-19-42-38-34-33-35-37-36(34)40(42)41(37)43(48-42,39(35)38)20-24-47-31-27-45(28-32-47)22-18-16-14-12-10-8-6-4-2/h34-41H,3-33H2,1-2H3. The van der Waals surface area contributed by atoms with E-state index in [2.05, 4.69) is 33.4 Å². The monoisotopic (exact) mass is 665 g/mol. The molecule has 274 valence electrons. The van der Waals surface area contributed by atoms with Gasteiger partial charge in [-0.25, -0.2) is 0 Å². The van der Waals surface area contributed by atoms with Crippen LogP contribution in [0.15, 0.2) is 0 Å². The van der Waals surface area contributed by atoms with Crippen LogP contribution in [0.5, 0.6) is 0 Å². The van der Waals surface area contributed by atoms with Crippen molar-refractivity contribution >= 4 is 0 Å². The third-order valence-electron chi connectivity index (χ3n) is 16.4. The maximum atomic E-state index is 7.71. The van der Waals surface area contributed by atoms with Crippen LogP contribution in [0.4, 0.5) is 0 Å². The summed E-state index contributed by atoms with van der Waals surface area (Å²) in [6.07, 6.45) is 27.3. The summed E-state index contributed by atoms with van der Waals surface area (Å²) in [6.45, 7) is 20.3. The quantitative estimate of drug-likeness (QED) is 0.0969. The minimum Gasteiger partial charge on any atom is -0.367 e. The molecule has 4 heterocycles. The van der Waals surface area contributed by atoms with Crippen molar-refractivity contribution in [3.05, 3.63) is 0 Å². The molecular formula is C43H76N4O. The van der Waals surface area contributed by atoms with E-state index in [1.165, 1.54) is 194 Å². The maximum absolute atomic E-state index is 7.71. The van der Waals surface area contributed by atoms with Crippen molar-refractivity contribution in [3.8, 4) is 0 Å². The first-order chi connectivity index (χ1) is 23.7. The lowest BCUT2D eigenvalue weighted by atomic mass is 9.54. The van der Waals surface area contributed by atoms with E-state index < -0.39 is 0 Å². The molecule has 0 amide bonds. The first-order valence-corrected chi connectivity index (χ1v) is 22.3. The summed E-state index contributed by atoms with van der Waals surface area (Å²) in [7, 11) is 0. The van der Waals surface area contributed by atoms with E-state index in [-0.39, 0.29) is 11.2 Å². The zero-order valence-electron chi connectivity index (χ0n) is 31.7. The van der Waals surface area contributed by atoms with E-state index in [0.29, 0.717) is 0 Å². The minimum absolute atomic E-state index is 0.287. The van der Waals surface area contributed by atoms with Gasteiger partial charge in [-0.2, -0.15) is 0 Å². The molecular weight excluding hydrogens is 589 g/mol. The molecule has 0 aromatic rings. The number of piperazine rings is 2. The van der Waals surface area contributed by atoms with Crippen LogP contribution in [0.25, 0.3) is 0 Å². The number of hydrogen-bond acceptors (Lipinski definition) is 5. The van der Waals surface area contributed by atoms with E-state index >= 15 is 0 Å². The minimum atomic E-state index is 0.287. The molecule has 4 saturated heterocycles. The molecule has 9 rings (SSSR count). The van der Waals surface area contributed by atoms with Gasteiger partial charge < -0.3 is 24.3 Å². The van der Waals surface area contributed by atoms with Crippen molar-refractivity contribution < 1.29 is 4.74 Å². The lowest BCUT2D eigenvalue weighted by Gasteiger charge is -2.48. The van der Waals surface area contributed by atoms with E-state index in [1.54, 1.807) is 6.42 Å². The third kappa shape index (κ3) is 6.20. The Hall–Kier alpha value is -0.200. The van der Waals surface area contributed by atoms with E-state index in [0.717, 1.165) is 47.3 Å². The Kier molecular flexibility index (Phi) is 11.2. The van der Waals surface area contributed by atoms with Crippen molar-refractivity contribution in [2.45, 2.75) is 147 Å². The molecule has 0 aromatic carbocycles. The maximum Gasteiger partial charge on any atom is 0.0771 e. The summed E-state index contributed by atoms with van der Waals surface area (Å²) in [5.41, 5.74) is 0.574. The highest BCUT2D eigenvalue weighted by Crippen LogP contribution is 2.93. The van der Waals surface area contributed by atoms with Crippen LogP contribution in [0.1, 0.15) is 136 Å². The summed E-state index contributed by atoms with van der Waals surface area (Å²) >= 11 is 0. The average Bonchev–Trinajstić information content (AvgIpc) is 3.80. The SMILES string of the molecule is CCCCCCCCCCN1CCN(CCC23OC4(CCN5CCN(CCCCCCCCCC)CC5)C5C6CC(C7C6C4C72)C53)CC1. The predicted octanol–water partition coefficient (Wildman–Crippen LogP) is 8.18. The molecule has 0 spiro atoms. The Morgan fingerprint density at radius 2 is 0.750 bits per heavy atom. The fourth-order valence-electron chi connectivity index (χ4n) is 14.4. The molecule has 10 unspecified atom stereocenters. The Labute approximate surface area is 296 Å². The predicted molar refractivity (Wildman–Crippen MR) is 199 cm³/mol. The lowest BCUT2D eigenvalue weighted by Crippen LogP contribution is -2.54. The van der Waals surface area contributed by atoms with E-state index in [4.69, 9.17) is 4.74 Å². The first kappa shape index (κ1) is 34.9. The van der Waals surface area contributed by atoms with Crippen molar-refractivity contribution in [1.29, 1.82) is 0 Å². The van der Waals surface area contributed by atoms with Crippen LogP contribution < -0.4 is 0 Å². The van der Waals surface area contributed by atoms with Gasteiger partial charge in [0.25, 0.3) is 0 Å². The van der Waals surface area contributed by atoms with Gasteiger partial charge in [-0.3, -0.25) is 0 Å². The Bertz CT molecular complexity index is 940. The van der Waals surface area contributed by atoms with Crippen LogP contribution in [0.2, 0.25) is 0 Å². The molecule has 9 fully saturated rings. The molecule has 4 bridgehead atoms. The van der Waals surface area contributed by atoms with E-state index in [9.17, 15) is 0 Å². The third-order valence-corrected chi connectivity index (χ3v) is 16.4. The first-order valence-electron chi connectivity index (χ1n) is 22.3. The lowest BCUT2D eigenvalue weighted by molar-refractivity contribution is -0.0867.